The number of benzene rings is 2. The second-order valence-corrected chi connectivity index (χ2v) is 11.1. The summed E-state index contributed by atoms with van der Waals surface area (Å²) in [5.41, 5.74) is 5.84. The SMILES string of the molecule is COC(=O)c1cccc(N2NC(C(=O)OC)C=C2C2=CCC(c3cccc(S(C)(=O)=O)c3)S2)c1. The fourth-order valence-electron chi connectivity index (χ4n) is 3.80. The molecule has 4 rings (SSSR count). The largest absolute Gasteiger partial charge is 0.468 e. The Balaban J connectivity index is 1.63. The van der Waals surface area contributed by atoms with Crippen molar-refractivity contribution in [2.75, 3.05) is 25.5 Å². The van der Waals surface area contributed by atoms with E-state index in [4.69, 9.17) is 9.47 Å². The molecular formula is C24H24N2O6S2. The molecule has 1 N–H and O–H groups in total. The lowest BCUT2D eigenvalue weighted by Gasteiger charge is -2.25. The summed E-state index contributed by atoms with van der Waals surface area (Å²) in [4.78, 5) is 25.5. The van der Waals surface area contributed by atoms with Crippen LogP contribution in [0.4, 0.5) is 5.69 Å². The second kappa shape index (κ2) is 9.65. The topological polar surface area (TPSA) is 102 Å². The molecule has 0 amide bonds. The van der Waals surface area contributed by atoms with Gasteiger partial charge in [0.1, 0.15) is 6.04 Å². The molecule has 0 saturated carbocycles. The van der Waals surface area contributed by atoms with Gasteiger partial charge in [-0.25, -0.2) is 23.4 Å². The first-order chi connectivity index (χ1) is 16.2. The number of allylic oxidation sites excluding steroid dienone is 1. The number of rotatable bonds is 6. The number of ether oxygens (including phenoxy) is 2. The van der Waals surface area contributed by atoms with Crippen LogP contribution in [-0.4, -0.2) is 46.9 Å². The number of esters is 2. The van der Waals surface area contributed by atoms with Gasteiger partial charge in [0.05, 0.1) is 36.1 Å². The molecule has 0 saturated heterocycles. The number of hydrazine groups is 1. The van der Waals surface area contributed by atoms with Gasteiger partial charge >= 0.3 is 11.9 Å². The minimum Gasteiger partial charge on any atom is -0.468 e. The number of carbonyl (C=O) groups is 2. The van der Waals surface area contributed by atoms with Crippen LogP contribution in [0.15, 0.2) is 76.2 Å². The highest BCUT2D eigenvalue weighted by Gasteiger charge is 2.34. The molecule has 2 aromatic rings. The monoisotopic (exact) mass is 500 g/mol. The van der Waals surface area contributed by atoms with Crippen molar-refractivity contribution in [2.24, 2.45) is 0 Å². The highest BCUT2D eigenvalue weighted by atomic mass is 32.2. The van der Waals surface area contributed by atoms with Gasteiger partial charge < -0.3 is 9.47 Å². The molecule has 2 aliphatic rings. The van der Waals surface area contributed by atoms with Crippen molar-refractivity contribution in [1.29, 1.82) is 0 Å². The van der Waals surface area contributed by atoms with E-state index in [1.807, 2.05) is 12.1 Å². The van der Waals surface area contributed by atoms with Crippen LogP contribution in [-0.2, 0) is 24.1 Å². The molecule has 2 aromatic carbocycles. The summed E-state index contributed by atoms with van der Waals surface area (Å²) < 4.78 is 33.7. The molecule has 0 fully saturated rings. The van der Waals surface area contributed by atoms with Crippen molar-refractivity contribution >= 4 is 39.2 Å². The number of anilines is 1. The van der Waals surface area contributed by atoms with Gasteiger partial charge in [-0.05, 0) is 48.4 Å². The first-order valence-corrected chi connectivity index (χ1v) is 13.2. The molecule has 10 heteroatoms. The molecule has 0 aromatic heterocycles. The fourth-order valence-corrected chi connectivity index (χ4v) is 5.73. The van der Waals surface area contributed by atoms with Gasteiger partial charge in [0.25, 0.3) is 0 Å². The zero-order valence-electron chi connectivity index (χ0n) is 18.8. The zero-order valence-corrected chi connectivity index (χ0v) is 20.5. The van der Waals surface area contributed by atoms with E-state index < -0.39 is 27.8 Å². The highest BCUT2D eigenvalue weighted by molar-refractivity contribution is 8.03. The van der Waals surface area contributed by atoms with Gasteiger partial charge in [0.15, 0.2) is 9.84 Å². The number of sulfone groups is 1. The van der Waals surface area contributed by atoms with E-state index in [0.29, 0.717) is 17.7 Å². The Bertz CT molecular complexity index is 1300. The molecule has 0 aliphatic carbocycles. The standard InChI is InChI=1S/C24H24N2O6S2/c1-31-23(27)16-7-4-8-17(12-16)26-20(14-19(25-26)24(28)32-2)22-11-10-21(33-22)15-6-5-9-18(13-15)34(3,29)30/h4-9,11-14,19,21,25H,10H2,1-3H3. The van der Waals surface area contributed by atoms with E-state index in [9.17, 15) is 18.0 Å². The summed E-state index contributed by atoms with van der Waals surface area (Å²) in [6.45, 7) is 0. The summed E-state index contributed by atoms with van der Waals surface area (Å²) in [7, 11) is -0.661. The lowest BCUT2D eigenvalue weighted by molar-refractivity contribution is -0.141. The Hall–Kier alpha value is -3.08. The van der Waals surface area contributed by atoms with Crippen LogP contribution in [0.5, 0.6) is 0 Å². The van der Waals surface area contributed by atoms with Gasteiger partial charge in [0.2, 0.25) is 0 Å². The zero-order chi connectivity index (χ0) is 24.5. The van der Waals surface area contributed by atoms with Crippen LogP contribution < -0.4 is 10.4 Å². The van der Waals surface area contributed by atoms with Crippen molar-refractivity contribution in [3.8, 4) is 0 Å². The number of methoxy groups -OCH3 is 2. The van der Waals surface area contributed by atoms with Gasteiger partial charge in [-0.15, -0.1) is 11.8 Å². The molecule has 2 unspecified atom stereocenters. The lowest BCUT2D eigenvalue weighted by Crippen LogP contribution is -2.41. The van der Waals surface area contributed by atoms with E-state index in [1.54, 1.807) is 59.2 Å². The molecule has 2 heterocycles. The summed E-state index contributed by atoms with van der Waals surface area (Å²) in [5.74, 6) is -0.901. The predicted octanol–water partition coefficient (Wildman–Crippen LogP) is 3.39. The molecule has 0 spiro atoms. The molecule has 2 atom stereocenters. The van der Waals surface area contributed by atoms with Gasteiger partial charge in [-0.1, -0.05) is 24.3 Å². The average Bonchev–Trinajstić information content (AvgIpc) is 3.50. The molecule has 2 aliphatic heterocycles. The maximum atomic E-state index is 12.3. The fraction of sp³-hybridized carbons (Fsp3) is 0.250. The number of thioether (sulfide) groups is 1. The normalized spacial score (nSPS) is 20.0. The van der Waals surface area contributed by atoms with E-state index >= 15 is 0 Å². The summed E-state index contributed by atoms with van der Waals surface area (Å²) >= 11 is 1.59. The van der Waals surface area contributed by atoms with Gasteiger partial charge in [-0.3, -0.25) is 5.01 Å². The number of hydrogen-bond donors (Lipinski definition) is 1. The number of nitrogens with one attached hydrogen (secondary N) is 1. The number of nitrogens with zero attached hydrogens (tertiary/aromatic N) is 1. The number of carbonyl (C=O) groups excluding carboxylic acids is 2. The first-order valence-electron chi connectivity index (χ1n) is 10.4. The third-order valence-corrected chi connectivity index (χ3v) is 8.00. The van der Waals surface area contributed by atoms with E-state index in [1.165, 1.54) is 20.5 Å². The molecule has 0 bridgehead atoms. The maximum absolute atomic E-state index is 12.3. The Labute approximate surface area is 202 Å². The summed E-state index contributed by atoms with van der Waals surface area (Å²) in [6, 6.07) is 13.2. The van der Waals surface area contributed by atoms with Crippen LogP contribution >= 0.6 is 11.8 Å². The second-order valence-electron chi connectivity index (χ2n) is 7.81. The van der Waals surface area contributed by atoms with E-state index in [0.717, 1.165) is 16.2 Å². The van der Waals surface area contributed by atoms with Crippen molar-refractivity contribution < 1.29 is 27.5 Å². The van der Waals surface area contributed by atoms with Crippen molar-refractivity contribution in [3.05, 3.63) is 82.4 Å². The Morgan fingerprint density at radius 2 is 1.85 bits per heavy atom. The van der Waals surface area contributed by atoms with E-state index in [-0.39, 0.29) is 10.1 Å². The van der Waals surface area contributed by atoms with Crippen LogP contribution in [0.3, 0.4) is 0 Å². The Morgan fingerprint density at radius 3 is 2.56 bits per heavy atom. The van der Waals surface area contributed by atoms with Crippen LogP contribution in [0.1, 0.15) is 27.6 Å². The minimum absolute atomic E-state index is 0.0260. The van der Waals surface area contributed by atoms with Gasteiger partial charge in [-0.2, -0.15) is 0 Å². The summed E-state index contributed by atoms with van der Waals surface area (Å²) in [5, 5.41) is 1.78. The molecule has 178 valence electrons. The maximum Gasteiger partial charge on any atom is 0.337 e. The number of hydrogen-bond acceptors (Lipinski definition) is 9. The Morgan fingerprint density at radius 1 is 1.09 bits per heavy atom. The van der Waals surface area contributed by atoms with Crippen LogP contribution in [0.25, 0.3) is 0 Å². The molecule has 0 radical (unpaired) electrons. The van der Waals surface area contributed by atoms with Gasteiger partial charge in [0, 0.05) is 16.4 Å². The third-order valence-electron chi connectivity index (χ3n) is 5.51. The first kappa shape index (κ1) is 24.1. The average molecular weight is 501 g/mol. The van der Waals surface area contributed by atoms with Crippen molar-refractivity contribution in [1.82, 2.24) is 5.43 Å². The van der Waals surface area contributed by atoms with Crippen LogP contribution in [0, 0.1) is 0 Å². The molecule has 8 nitrogen and oxygen atoms in total. The molecular weight excluding hydrogens is 476 g/mol. The molecule has 34 heavy (non-hydrogen) atoms. The minimum atomic E-state index is -3.31. The third kappa shape index (κ3) is 4.89. The lowest BCUT2D eigenvalue weighted by atomic mass is 10.1. The van der Waals surface area contributed by atoms with Crippen LogP contribution in [0.2, 0.25) is 0 Å². The van der Waals surface area contributed by atoms with Crippen molar-refractivity contribution in [2.45, 2.75) is 22.6 Å². The predicted molar refractivity (Wildman–Crippen MR) is 130 cm³/mol. The smallest absolute Gasteiger partial charge is 0.337 e. The highest BCUT2D eigenvalue weighted by Crippen LogP contribution is 2.48. The summed E-state index contributed by atoms with van der Waals surface area (Å²) in [6.07, 6.45) is 5.74. The van der Waals surface area contributed by atoms with Crippen molar-refractivity contribution in [3.63, 3.8) is 0 Å². The quantitative estimate of drug-likeness (QED) is 0.598. The van der Waals surface area contributed by atoms with E-state index in [2.05, 4.69) is 11.5 Å². The Kier molecular flexibility index (Phi) is 6.83.